The van der Waals surface area contributed by atoms with Gasteiger partial charge < -0.3 is 4.90 Å². The molecule has 1 unspecified atom stereocenters. The molecule has 1 fully saturated rings. The molecule has 2 heteroatoms. The lowest BCUT2D eigenvalue weighted by molar-refractivity contribution is -0.126. The van der Waals surface area contributed by atoms with Crippen molar-refractivity contribution in [2.45, 2.75) is 32.6 Å². The summed E-state index contributed by atoms with van der Waals surface area (Å²) in [6.45, 7) is 4.16. The Hall–Kier alpha value is -0.790. The summed E-state index contributed by atoms with van der Waals surface area (Å²) in [5.41, 5.74) is 1.06. The minimum Gasteiger partial charge on any atom is -0.339 e. The number of nitrogens with zero attached hydrogens (tertiary/aromatic N) is 1. The van der Waals surface area contributed by atoms with E-state index in [0.29, 0.717) is 11.8 Å². The highest BCUT2D eigenvalue weighted by atomic mass is 16.2. The van der Waals surface area contributed by atoms with Crippen molar-refractivity contribution >= 4 is 5.91 Å². The molecule has 1 amide bonds. The minimum atomic E-state index is 0.307. The molecule has 1 aliphatic carbocycles. The fourth-order valence-electron chi connectivity index (χ4n) is 2.19. The molecule has 2 rings (SSSR count). The van der Waals surface area contributed by atoms with Gasteiger partial charge in [0, 0.05) is 18.7 Å². The van der Waals surface area contributed by atoms with Gasteiger partial charge in [-0.25, -0.2) is 0 Å². The molecule has 0 N–H and O–H groups in total. The Labute approximate surface area is 79.6 Å². The molecule has 0 radical (unpaired) electrons. The first-order valence-electron chi connectivity index (χ1n) is 5.25. The van der Waals surface area contributed by atoms with Crippen LogP contribution in [0.25, 0.3) is 0 Å². The summed E-state index contributed by atoms with van der Waals surface area (Å²) in [6.07, 6.45) is 6.57. The van der Waals surface area contributed by atoms with Gasteiger partial charge in [-0.05, 0) is 31.6 Å². The van der Waals surface area contributed by atoms with E-state index in [1.54, 1.807) is 0 Å². The van der Waals surface area contributed by atoms with E-state index in [9.17, 15) is 4.79 Å². The monoisotopic (exact) mass is 179 g/mol. The molecule has 1 atom stereocenters. The molecule has 2 nitrogen and oxygen atoms in total. The number of carbonyl (C=O) groups excluding carboxylic acids is 1. The van der Waals surface area contributed by atoms with Gasteiger partial charge in [-0.15, -0.1) is 0 Å². The van der Waals surface area contributed by atoms with Gasteiger partial charge in [0.25, 0.3) is 0 Å². The predicted octanol–water partition coefficient (Wildman–Crippen LogP) is 1.97. The number of hydrogen-bond acceptors (Lipinski definition) is 1. The van der Waals surface area contributed by atoms with Gasteiger partial charge in [0.15, 0.2) is 0 Å². The fourth-order valence-corrected chi connectivity index (χ4v) is 2.19. The molecule has 0 aromatic heterocycles. The quantitative estimate of drug-likeness (QED) is 0.602. The van der Waals surface area contributed by atoms with Crippen LogP contribution in [0.1, 0.15) is 32.6 Å². The standard InChI is InChI=1S/C11H17NO/c1-9-6-7-12(8-9)11(13)10-4-2-3-5-10/h4,9H,2-3,5-8H2,1H3. The van der Waals surface area contributed by atoms with Crippen molar-refractivity contribution < 1.29 is 4.79 Å². The lowest BCUT2D eigenvalue weighted by Gasteiger charge is -2.16. The molecule has 1 aliphatic heterocycles. The van der Waals surface area contributed by atoms with Gasteiger partial charge in [0.05, 0.1) is 0 Å². The third kappa shape index (κ3) is 1.77. The van der Waals surface area contributed by atoms with Crippen LogP contribution in [0, 0.1) is 5.92 Å². The number of hydrogen-bond donors (Lipinski definition) is 0. The van der Waals surface area contributed by atoms with Gasteiger partial charge in [-0.3, -0.25) is 4.79 Å². The second kappa shape index (κ2) is 3.52. The van der Waals surface area contributed by atoms with E-state index in [-0.39, 0.29) is 0 Å². The Kier molecular flexibility index (Phi) is 2.38. The lowest BCUT2D eigenvalue weighted by Crippen LogP contribution is -2.29. The zero-order chi connectivity index (χ0) is 9.26. The summed E-state index contributed by atoms with van der Waals surface area (Å²) in [5, 5.41) is 0. The van der Waals surface area contributed by atoms with Crippen LogP contribution >= 0.6 is 0 Å². The maximum absolute atomic E-state index is 11.9. The van der Waals surface area contributed by atoms with Crippen LogP contribution in [0.2, 0.25) is 0 Å². The molecule has 0 saturated carbocycles. The summed E-state index contributed by atoms with van der Waals surface area (Å²) in [5.74, 6) is 1.01. The van der Waals surface area contributed by atoms with Crippen LogP contribution in [-0.4, -0.2) is 23.9 Å². The van der Waals surface area contributed by atoms with E-state index in [0.717, 1.165) is 31.5 Å². The van der Waals surface area contributed by atoms with E-state index in [1.165, 1.54) is 12.8 Å². The first-order chi connectivity index (χ1) is 6.27. The number of allylic oxidation sites excluding steroid dienone is 1. The summed E-state index contributed by atoms with van der Waals surface area (Å²) in [4.78, 5) is 13.9. The van der Waals surface area contributed by atoms with Crippen LogP contribution in [0.4, 0.5) is 0 Å². The number of carbonyl (C=O) groups is 1. The summed E-state index contributed by atoms with van der Waals surface area (Å²) in [7, 11) is 0. The Morgan fingerprint density at radius 2 is 2.46 bits per heavy atom. The second-order valence-electron chi connectivity index (χ2n) is 4.27. The van der Waals surface area contributed by atoms with Gasteiger partial charge in [-0.1, -0.05) is 13.0 Å². The van der Waals surface area contributed by atoms with Gasteiger partial charge in [0.1, 0.15) is 0 Å². The molecule has 0 spiro atoms. The minimum absolute atomic E-state index is 0.307. The molecule has 0 bridgehead atoms. The molecule has 0 aromatic carbocycles. The first kappa shape index (κ1) is 8.79. The highest BCUT2D eigenvalue weighted by Gasteiger charge is 2.25. The van der Waals surface area contributed by atoms with E-state index >= 15 is 0 Å². The van der Waals surface area contributed by atoms with Crippen molar-refractivity contribution in [3.05, 3.63) is 11.6 Å². The summed E-state index contributed by atoms with van der Waals surface area (Å²) in [6, 6.07) is 0. The highest BCUT2D eigenvalue weighted by Crippen LogP contribution is 2.23. The average Bonchev–Trinajstić information content (AvgIpc) is 2.72. The number of amides is 1. The topological polar surface area (TPSA) is 20.3 Å². The average molecular weight is 179 g/mol. The molecule has 72 valence electrons. The van der Waals surface area contributed by atoms with E-state index in [2.05, 4.69) is 13.0 Å². The van der Waals surface area contributed by atoms with E-state index < -0.39 is 0 Å². The van der Waals surface area contributed by atoms with Crippen molar-refractivity contribution in [1.29, 1.82) is 0 Å². The smallest absolute Gasteiger partial charge is 0.249 e. The third-order valence-electron chi connectivity index (χ3n) is 3.03. The Morgan fingerprint density at radius 3 is 3.00 bits per heavy atom. The summed E-state index contributed by atoms with van der Waals surface area (Å²) < 4.78 is 0. The zero-order valence-electron chi connectivity index (χ0n) is 8.25. The van der Waals surface area contributed by atoms with Crippen LogP contribution in [-0.2, 0) is 4.79 Å². The van der Waals surface area contributed by atoms with Crippen molar-refractivity contribution in [2.75, 3.05) is 13.1 Å². The van der Waals surface area contributed by atoms with Crippen molar-refractivity contribution in [3.63, 3.8) is 0 Å². The highest BCUT2D eigenvalue weighted by molar-refractivity contribution is 5.93. The fraction of sp³-hybridized carbons (Fsp3) is 0.727. The second-order valence-corrected chi connectivity index (χ2v) is 4.27. The predicted molar refractivity (Wildman–Crippen MR) is 52.3 cm³/mol. The van der Waals surface area contributed by atoms with Gasteiger partial charge in [-0.2, -0.15) is 0 Å². The summed E-state index contributed by atoms with van der Waals surface area (Å²) >= 11 is 0. The van der Waals surface area contributed by atoms with Crippen molar-refractivity contribution in [1.82, 2.24) is 4.90 Å². The van der Waals surface area contributed by atoms with Crippen LogP contribution in [0.3, 0.4) is 0 Å². The number of rotatable bonds is 1. The first-order valence-corrected chi connectivity index (χ1v) is 5.25. The Bertz CT molecular complexity index is 244. The molecular weight excluding hydrogens is 162 g/mol. The maximum atomic E-state index is 11.9. The largest absolute Gasteiger partial charge is 0.339 e. The van der Waals surface area contributed by atoms with E-state index in [1.807, 2.05) is 4.90 Å². The third-order valence-corrected chi connectivity index (χ3v) is 3.03. The van der Waals surface area contributed by atoms with Crippen LogP contribution in [0.5, 0.6) is 0 Å². The Balaban J connectivity index is 1.97. The Morgan fingerprint density at radius 1 is 1.62 bits per heavy atom. The lowest BCUT2D eigenvalue weighted by atomic mass is 10.2. The van der Waals surface area contributed by atoms with Gasteiger partial charge in [0.2, 0.25) is 5.91 Å². The normalized spacial score (nSPS) is 27.9. The molecular formula is C11H17NO. The SMILES string of the molecule is CC1CCN(C(=O)C2=CCCC2)C1. The molecule has 1 saturated heterocycles. The van der Waals surface area contributed by atoms with Gasteiger partial charge >= 0.3 is 0 Å². The molecule has 1 heterocycles. The maximum Gasteiger partial charge on any atom is 0.249 e. The molecule has 0 aromatic rings. The number of likely N-dealkylation sites (tertiary alicyclic amines) is 1. The van der Waals surface area contributed by atoms with Crippen LogP contribution in [0.15, 0.2) is 11.6 Å². The van der Waals surface area contributed by atoms with Crippen molar-refractivity contribution in [3.8, 4) is 0 Å². The van der Waals surface area contributed by atoms with Crippen LogP contribution < -0.4 is 0 Å². The van der Waals surface area contributed by atoms with E-state index in [4.69, 9.17) is 0 Å². The molecule has 2 aliphatic rings. The van der Waals surface area contributed by atoms with Crippen molar-refractivity contribution in [2.24, 2.45) is 5.92 Å². The molecule has 13 heavy (non-hydrogen) atoms. The zero-order valence-corrected chi connectivity index (χ0v) is 8.25.